The van der Waals surface area contributed by atoms with Crippen LogP contribution >= 0.6 is 11.8 Å². The van der Waals surface area contributed by atoms with E-state index in [1.165, 1.54) is 24.9 Å². The fraction of sp³-hybridized carbons (Fsp3) is 0.462. The summed E-state index contributed by atoms with van der Waals surface area (Å²) in [7, 11) is 1.43. The first kappa shape index (κ1) is 12.4. The van der Waals surface area contributed by atoms with Crippen molar-refractivity contribution >= 4 is 17.5 Å². The van der Waals surface area contributed by atoms with Crippen molar-refractivity contribution in [2.45, 2.75) is 24.9 Å². The van der Waals surface area contributed by atoms with Gasteiger partial charge in [-0.1, -0.05) is 13.8 Å². The van der Waals surface area contributed by atoms with Gasteiger partial charge < -0.3 is 4.74 Å². The summed E-state index contributed by atoms with van der Waals surface area (Å²) in [6.45, 7) is 4.03. The van der Waals surface area contributed by atoms with E-state index in [9.17, 15) is 9.18 Å². The highest BCUT2D eigenvalue weighted by Gasteiger charge is 2.32. The normalized spacial score (nSPS) is 19.4. The SMILES string of the molecule is COc1ccc2c(c1F)CSC(C(C)C)C2=O. The number of Topliss-reactive ketones (excluding diaryl/α,β-unsaturated/α-hetero) is 1. The molecule has 0 aromatic heterocycles. The van der Waals surface area contributed by atoms with E-state index in [0.717, 1.165) is 0 Å². The lowest BCUT2D eigenvalue weighted by molar-refractivity contribution is 0.0972. The number of hydrogen-bond acceptors (Lipinski definition) is 3. The monoisotopic (exact) mass is 254 g/mol. The van der Waals surface area contributed by atoms with Crippen LogP contribution in [-0.2, 0) is 5.75 Å². The number of ether oxygens (including phenoxy) is 1. The number of ketones is 1. The first-order chi connectivity index (χ1) is 8.06. The molecule has 1 aromatic carbocycles. The first-order valence-corrected chi connectivity index (χ1v) is 6.62. The molecule has 92 valence electrons. The number of halogens is 1. The Labute approximate surface area is 105 Å². The third kappa shape index (κ3) is 2.06. The van der Waals surface area contributed by atoms with Crippen molar-refractivity contribution in [2.75, 3.05) is 7.11 Å². The van der Waals surface area contributed by atoms with Gasteiger partial charge in [0.05, 0.1) is 12.4 Å². The Bertz CT molecular complexity index is 457. The highest BCUT2D eigenvalue weighted by molar-refractivity contribution is 8.00. The van der Waals surface area contributed by atoms with Gasteiger partial charge in [0.25, 0.3) is 0 Å². The first-order valence-electron chi connectivity index (χ1n) is 5.57. The number of thioether (sulfide) groups is 1. The molecule has 1 unspecified atom stereocenters. The fourth-order valence-electron chi connectivity index (χ4n) is 2.03. The zero-order chi connectivity index (χ0) is 12.6. The second-order valence-electron chi connectivity index (χ2n) is 4.45. The third-order valence-electron chi connectivity index (χ3n) is 2.96. The van der Waals surface area contributed by atoms with E-state index in [-0.39, 0.29) is 22.7 Å². The molecular formula is C13H15FO2S. The zero-order valence-corrected chi connectivity index (χ0v) is 10.9. The van der Waals surface area contributed by atoms with Crippen LogP contribution in [0.25, 0.3) is 0 Å². The number of methoxy groups -OCH3 is 1. The van der Waals surface area contributed by atoms with Crippen LogP contribution in [0.15, 0.2) is 12.1 Å². The van der Waals surface area contributed by atoms with Crippen molar-refractivity contribution < 1.29 is 13.9 Å². The molecular weight excluding hydrogens is 239 g/mol. The van der Waals surface area contributed by atoms with Crippen molar-refractivity contribution in [3.05, 3.63) is 29.1 Å². The summed E-state index contributed by atoms with van der Waals surface area (Å²) < 4.78 is 18.9. The number of fused-ring (bicyclic) bond motifs is 1. The number of hydrogen-bond donors (Lipinski definition) is 0. The molecule has 0 N–H and O–H groups in total. The maximum atomic E-state index is 14.0. The minimum absolute atomic E-state index is 0.0350. The molecule has 4 heteroatoms. The second-order valence-corrected chi connectivity index (χ2v) is 5.58. The summed E-state index contributed by atoms with van der Waals surface area (Å²) in [5.74, 6) is 0.652. The van der Waals surface area contributed by atoms with Gasteiger partial charge in [0.1, 0.15) is 0 Å². The summed E-state index contributed by atoms with van der Waals surface area (Å²) in [6.07, 6.45) is 0. The standard InChI is InChI=1S/C13H15FO2S/c1-7(2)13-12(15)8-4-5-10(16-3)11(14)9(8)6-17-13/h4-5,7,13H,6H2,1-3H3. The topological polar surface area (TPSA) is 26.3 Å². The highest BCUT2D eigenvalue weighted by Crippen LogP contribution is 2.37. The van der Waals surface area contributed by atoms with Gasteiger partial charge in [-0.2, -0.15) is 0 Å². The Morgan fingerprint density at radius 1 is 1.47 bits per heavy atom. The minimum Gasteiger partial charge on any atom is -0.494 e. The molecule has 0 radical (unpaired) electrons. The molecule has 0 amide bonds. The van der Waals surface area contributed by atoms with Crippen LogP contribution in [-0.4, -0.2) is 18.1 Å². The molecule has 1 aliphatic rings. The average molecular weight is 254 g/mol. The van der Waals surface area contributed by atoms with E-state index >= 15 is 0 Å². The molecule has 0 spiro atoms. The predicted molar refractivity (Wildman–Crippen MR) is 67.2 cm³/mol. The molecule has 1 aliphatic heterocycles. The summed E-state index contributed by atoms with van der Waals surface area (Å²) in [5.41, 5.74) is 0.997. The zero-order valence-electron chi connectivity index (χ0n) is 10.1. The number of rotatable bonds is 2. The van der Waals surface area contributed by atoms with E-state index in [0.29, 0.717) is 16.9 Å². The van der Waals surface area contributed by atoms with E-state index in [4.69, 9.17) is 4.74 Å². The van der Waals surface area contributed by atoms with Crippen molar-refractivity contribution in [1.82, 2.24) is 0 Å². The van der Waals surface area contributed by atoms with Crippen LogP contribution in [0.2, 0.25) is 0 Å². The number of carbonyl (C=O) groups is 1. The molecule has 1 aromatic rings. The van der Waals surface area contributed by atoms with Crippen LogP contribution in [0, 0.1) is 11.7 Å². The lowest BCUT2D eigenvalue weighted by atomic mass is 9.96. The maximum absolute atomic E-state index is 14.0. The Hall–Kier alpha value is -1.03. The summed E-state index contributed by atoms with van der Waals surface area (Å²) in [4.78, 5) is 12.2. The van der Waals surface area contributed by atoms with Crippen molar-refractivity contribution in [2.24, 2.45) is 5.92 Å². The lowest BCUT2D eigenvalue weighted by Gasteiger charge is -2.26. The lowest BCUT2D eigenvalue weighted by Crippen LogP contribution is -2.28. The van der Waals surface area contributed by atoms with E-state index in [1.807, 2.05) is 13.8 Å². The number of benzene rings is 1. The van der Waals surface area contributed by atoms with Gasteiger partial charge >= 0.3 is 0 Å². The Morgan fingerprint density at radius 3 is 2.76 bits per heavy atom. The predicted octanol–water partition coefficient (Wildman–Crippen LogP) is 3.29. The van der Waals surface area contributed by atoms with E-state index in [1.54, 1.807) is 6.07 Å². The Kier molecular flexibility index (Phi) is 3.43. The molecule has 17 heavy (non-hydrogen) atoms. The van der Waals surface area contributed by atoms with Gasteiger partial charge in [0.15, 0.2) is 17.3 Å². The molecule has 1 heterocycles. The second kappa shape index (κ2) is 4.69. The number of carbonyl (C=O) groups excluding carboxylic acids is 1. The molecule has 0 saturated heterocycles. The van der Waals surface area contributed by atoms with Crippen LogP contribution in [0.3, 0.4) is 0 Å². The molecule has 0 aliphatic carbocycles. The van der Waals surface area contributed by atoms with Gasteiger partial charge in [0, 0.05) is 16.9 Å². The van der Waals surface area contributed by atoms with Crippen LogP contribution in [0.4, 0.5) is 4.39 Å². The summed E-state index contributed by atoms with van der Waals surface area (Å²) in [6, 6.07) is 3.20. The molecule has 2 rings (SSSR count). The third-order valence-corrected chi connectivity index (χ3v) is 4.54. The molecule has 0 bridgehead atoms. The van der Waals surface area contributed by atoms with Gasteiger partial charge in [-0.15, -0.1) is 11.8 Å². The maximum Gasteiger partial charge on any atom is 0.176 e. The minimum atomic E-state index is -0.395. The average Bonchev–Trinajstić information content (AvgIpc) is 2.30. The van der Waals surface area contributed by atoms with Crippen molar-refractivity contribution in [3.63, 3.8) is 0 Å². The van der Waals surface area contributed by atoms with Gasteiger partial charge in [0.2, 0.25) is 0 Å². The Morgan fingerprint density at radius 2 is 2.18 bits per heavy atom. The molecule has 0 saturated carbocycles. The van der Waals surface area contributed by atoms with Crippen LogP contribution < -0.4 is 4.74 Å². The van der Waals surface area contributed by atoms with Crippen LogP contribution in [0.5, 0.6) is 5.75 Å². The molecule has 0 fully saturated rings. The van der Waals surface area contributed by atoms with Crippen LogP contribution in [0.1, 0.15) is 29.8 Å². The van der Waals surface area contributed by atoms with Gasteiger partial charge in [-0.25, -0.2) is 4.39 Å². The molecule has 2 nitrogen and oxygen atoms in total. The van der Waals surface area contributed by atoms with E-state index in [2.05, 4.69) is 0 Å². The van der Waals surface area contributed by atoms with Gasteiger partial charge in [-0.05, 0) is 18.1 Å². The quantitative estimate of drug-likeness (QED) is 0.810. The largest absolute Gasteiger partial charge is 0.494 e. The van der Waals surface area contributed by atoms with Crippen molar-refractivity contribution in [3.8, 4) is 5.75 Å². The Balaban J connectivity index is 2.45. The fourth-order valence-corrected chi connectivity index (χ4v) is 3.32. The van der Waals surface area contributed by atoms with E-state index < -0.39 is 5.82 Å². The summed E-state index contributed by atoms with van der Waals surface area (Å²) in [5, 5.41) is -0.0599. The highest BCUT2D eigenvalue weighted by atomic mass is 32.2. The van der Waals surface area contributed by atoms with Gasteiger partial charge in [-0.3, -0.25) is 4.79 Å². The van der Waals surface area contributed by atoms with Crippen molar-refractivity contribution in [1.29, 1.82) is 0 Å². The molecule has 1 atom stereocenters. The smallest absolute Gasteiger partial charge is 0.176 e. The summed E-state index contributed by atoms with van der Waals surface area (Å²) >= 11 is 1.51.